The summed E-state index contributed by atoms with van der Waals surface area (Å²) in [6.45, 7) is 1.92. The summed E-state index contributed by atoms with van der Waals surface area (Å²) in [6.07, 6.45) is 6.92. The van der Waals surface area contributed by atoms with E-state index < -0.39 is 0 Å². The minimum atomic E-state index is -0.383. The lowest BCUT2D eigenvalue weighted by Crippen LogP contribution is -2.36. The van der Waals surface area contributed by atoms with E-state index in [1.165, 1.54) is 0 Å². The maximum atomic E-state index is 10.3. The molecule has 1 aliphatic carbocycles. The molecule has 3 N–H and O–H groups in total. The highest BCUT2D eigenvalue weighted by Crippen LogP contribution is 2.30. The first-order valence-electron chi connectivity index (χ1n) is 8.58. The predicted octanol–water partition coefficient (Wildman–Crippen LogP) is 2.52. The van der Waals surface area contributed by atoms with Crippen LogP contribution in [0.2, 0.25) is 0 Å². The van der Waals surface area contributed by atoms with Crippen molar-refractivity contribution in [2.75, 3.05) is 5.32 Å². The van der Waals surface area contributed by atoms with E-state index in [0.717, 1.165) is 31.2 Å². The average molecular weight is 339 g/mol. The van der Waals surface area contributed by atoms with Crippen molar-refractivity contribution in [3.63, 3.8) is 0 Å². The van der Waals surface area contributed by atoms with Gasteiger partial charge in [-0.2, -0.15) is 0 Å². The van der Waals surface area contributed by atoms with Gasteiger partial charge in [0.15, 0.2) is 17.3 Å². The van der Waals surface area contributed by atoms with Crippen molar-refractivity contribution in [1.82, 2.24) is 19.6 Å². The minimum Gasteiger partial charge on any atom is -0.507 e. The lowest BCUT2D eigenvalue weighted by atomic mass is 9.93. The Bertz CT molecular complexity index is 908. The number of benzene rings is 1. The first-order chi connectivity index (χ1) is 12.1. The van der Waals surface area contributed by atoms with Crippen LogP contribution in [0.5, 0.6) is 5.75 Å². The Morgan fingerprint density at radius 3 is 2.84 bits per heavy atom. The molecule has 1 aliphatic rings. The Kier molecular flexibility index (Phi) is 4.01. The standard InChI is InChI=1S/C18H21N5O2/c1-11-6-7-12(15(25)10-11)17-22-21-16(18-19-8-9-23(17)18)20-13-4-2-3-5-14(13)24/h6-10,13-14,24-25H,2-5H2,1H3,(H,20,21)/t13-,14-/m1/s1. The number of phenolic OH excluding ortho intramolecular Hbond substituents is 1. The van der Waals surface area contributed by atoms with Crippen LogP contribution in [0.15, 0.2) is 30.6 Å². The largest absolute Gasteiger partial charge is 0.507 e. The van der Waals surface area contributed by atoms with E-state index in [-0.39, 0.29) is 17.9 Å². The monoisotopic (exact) mass is 339 g/mol. The normalized spacial score (nSPS) is 20.7. The van der Waals surface area contributed by atoms with Crippen LogP contribution < -0.4 is 5.32 Å². The van der Waals surface area contributed by atoms with Crippen LogP contribution in [0.25, 0.3) is 17.0 Å². The summed E-state index contributed by atoms with van der Waals surface area (Å²) in [6, 6.07) is 5.41. The SMILES string of the molecule is Cc1ccc(-c2nnc(N[C@@H]3CCCC[C@H]3O)c3nccn23)c(O)c1. The molecular formula is C18H21N5O2. The molecule has 7 heteroatoms. The number of imidazole rings is 1. The van der Waals surface area contributed by atoms with Gasteiger partial charge in [-0.05, 0) is 37.5 Å². The lowest BCUT2D eigenvalue weighted by molar-refractivity contribution is 0.116. The lowest BCUT2D eigenvalue weighted by Gasteiger charge is -2.28. The number of nitrogens with zero attached hydrogens (tertiary/aromatic N) is 4. The van der Waals surface area contributed by atoms with Gasteiger partial charge in [-0.3, -0.25) is 4.40 Å². The first-order valence-corrected chi connectivity index (χ1v) is 8.58. The summed E-state index contributed by atoms with van der Waals surface area (Å²) >= 11 is 0. The van der Waals surface area contributed by atoms with Gasteiger partial charge >= 0.3 is 0 Å². The highest BCUT2D eigenvalue weighted by Gasteiger charge is 2.25. The first kappa shape index (κ1) is 15.8. The molecule has 0 bridgehead atoms. The number of rotatable bonds is 3. The van der Waals surface area contributed by atoms with Gasteiger partial charge in [0, 0.05) is 12.4 Å². The van der Waals surface area contributed by atoms with Crippen LogP contribution in [0.4, 0.5) is 5.82 Å². The van der Waals surface area contributed by atoms with Crippen LogP contribution in [0.1, 0.15) is 31.2 Å². The zero-order valence-corrected chi connectivity index (χ0v) is 14.1. The second kappa shape index (κ2) is 6.33. The van der Waals surface area contributed by atoms with Crippen LogP contribution in [0, 0.1) is 6.92 Å². The highest BCUT2D eigenvalue weighted by molar-refractivity contribution is 5.71. The summed E-state index contributed by atoms with van der Waals surface area (Å²) in [4.78, 5) is 4.38. The number of aromatic hydroxyl groups is 1. The van der Waals surface area contributed by atoms with E-state index in [1.807, 2.05) is 19.1 Å². The van der Waals surface area contributed by atoms with E-state index in [4.69, 9.17) is 0 Å². The fourth-order valence-electron chi connectivity index (χ4n) is 3.40. The van der Waals surface area contributed by atoms with E-state index in [9.17, 15) is 10.2 Å². The number of hydrogen-bond acceptors (Lipinski definition) is 6. The maximum absolute atomic E-state index is 10.3. The smallest absolute Gasteiger partial charge is 0.192 e. The van der Waals surface area contributed by atoms with Crippen molar-refractivity contribution in [2.45, 2.75) is 44.8 Å². The van der Waals surface area contributed by atoms with Crippen LogP contribution in [0.3, 0.4) is 0 Å². The van der Waals surface area contributed by atoms with Crippen molar-refractivity contribution in [1.29, 1.82) is 0 Å². The molecule has 0 spiro atoms. The molecule has 1 fully saturated rings. The van der Waals surface area contributed by atoms with Gasteiger partial charge in [-0.1, -0.05) is 18.9 Å². The van der Waals surface area contributed by atoms with Gasteiger partial charge in [0.25, 0.3) is 0 Å². The molecule has 2 heterocycles. The maximum Gasteiger partial charge on any atom is 0.192 e. The van der Waals surface area contributed by atoms with Crippen LogP contribution >= 0.6 is 0 Å². The molecule has 1 saturated carbocycles. The molecule has 0 radical (unpaired) electrons. The molecule has 0 unspecified atom stereocenters. The third kappa shape index (κ3) is 2.91. The van der Waals surface area contributed by atoms with Gasteiger partial charge in [0.2, 0.25) is 0 Å². The van der Waals surface area contributed by atoms with Gasteiger partial charge < -0.3 is 15.5 Å². The molecule has 4 rings (SSSR count). The number of aliphatic hydroxyl groups excluding tert-OH is 1. The molecule has 25 heavy (non-hydrogen) atoms. The summed E-state index contributed by atoms with van der Waals surface area (Å²) in [7, 11) is 0. The summed E-state index contributed by atoms with van der Waals surface area (Å²) in [5.74, 6) is 1.23. The van der Waals surface area contributed by atoms with E-state index in [2.05, 4.69) is 20.5 Å². The molecule has 2 aromatic heterocycles. The van der Waals surface area contributed by atoms with Crippen LogP contribution in [-0.2, 0) is 0 Å². The number of phenols is 1. The van der Waals surface area contributed by atoms with Gasteiger partial charge in [0.1, 0.15) is 5.75 Å². The van der Waals surface area contributed by atoms with Gasteiger partial charge in [0.05, 0.1) is 17.7 Å². The number of fused-ring (bicyclic) bond motifs is 1. The van der Waals surface area contributed by atoms with Gasteiger partial charge in [-0.25, -0.2) is 4.98 Å². The molecule has 2 atom stereocenters. The molecule has 7 nitrogen and oxygen atoms in total. The zero-order chi connectivity index (χ0) is 17.4. The molecule has 0 amide bonds. The minimum absolute atomic E-state index is 0.0397. The fraction of sp³-hybridized carbons (Fsp3) is 0.389. The number of anilines is 1. The van der Waals surface area contributed by atoms with Crippen molar-refractivity contribution < 1.29 is 10.2 Å². The third-order valence-electron chi connectivity index (χ3n) is 4.77. The summed E-state index contributed by atoms with van der Waals surface area (Å²) in [5.41, 5.74) is 2.20. The molecule has 3 aromatic rings. The third-order valence-corrected chi connectivity index (χ3v) is 4.77. The molecule has 0 saturated heterocycles. The summed E-state index contributed by atoms with van der Waals surface area (Å²) < 4.78 is 1.80. The zero-order valence-electron chi connectivity index (χ0n) is 14.1. The van der Waals surface area contributed by atoms with Crippen molar-refractivity contribution in [3.05, 3.63) is 36.2 Å². The molecular weight excluding hydrogens is 318 g/mol. The van der Waals surface area contributed by atoms with E-state index in [0.29, 0.717) is 22.9 Å². The highest BCUT2D eigenvalue weighted by atomic mass is 16.3. The van der Waals surface area contributed by atoms with E-state index in [1.54, 1.807) is 22.9 Å². The Balaban J connectivity index is 1.74. The van der Waals surface area contributed by atoms with E-state index >= 15 is 0 Å². The molecule has 0 aliphatic heterocycles. The predicted molar refractivity (Wildman–Crippen MR) is 94.5 cm³/mol. The second-order valence-corrected chi connectivity index (χ2v) is 6.62. The fourth-order valence-corrected chi connectivity index (χ4v) is 3.40. The van der Waals surface area contributed by atoms with Crippen molar-refractivity contribution in [3.8, 4) is 17.1 Å². The average Bonchev–Trinajstić information content (AvgIpc) is 3.08. The number of nitrogens with one attached hydrogen (secondary N) is 1. The number of aryl methyl sites for hydroxylation is 1. The van der Waals surface area contributed by atoms with Gasteiger partial charge in [-0.15, -0.1) is 10.2 Å². The number of aliphatic hydroxyl groups is 1. The Labute approximate surface area is 145 Å². The van der Waals surface area contributed by atoms with Crippen LogP contribution in [-0.4, -0.2) is 41.9 Å². The Morgan fingerprint density at radius 1 is 1.20 bits per heavy atom. The number of hydrogen-bond donors (Lipinski definition) is 3. The van der Waals surface area contributed by atoms with Crippen molar-refractivity contribution >= 4 is 11.5 Å². The topological polar surface area (TPSA) is 95.6 Å². The van der Waals surface area contributed by atoms with Crippen molar-refractivity contribution in [2.24, 2.45) is 0 Å². The Morgan fingerprint density at radius 2 is 2.04 bits per heavy atom. The molecule has 130 valence electrons. The molecule has 1 aromatic carbocycles. The Hall–Kier alpha value is -2.67. The summed E-state index contributed by atoms with van der Waals surface area (Å²) in [5, 5.41) is 32.3. The second-order valence-electron chi connectivity index (χ2n) is 6.62. The number of aromatic nitrogens is 4. The quantitative estimate of drug-likeness (QED) is 0.679.